The van der Waals surface area contributed by atoms with Crippen molar-refractivity contribution in [1.82, 2.24) is 0 Å². The van der Waals surface area contributed by atoms with Gasteiger partial charge in [-0.2, -0.15) is 0 Å². The number of nitrogens with zero attached hydrogens (tertiary/aromatic N) is 1. The third kappa shape index (κ3) is 3.92. The lowest BCUT2D eigenvalue weighted by Gasteiger charge is -2.30. The van der Waals surface area contributed by atoms with Gasteiger partial charge in [-0.05, 0) is 67.5 Å². The summed E-state index contributed by atoms with van der Waals surface area (Å²) in [5, 5.41) is 3.09. The first kappa shape index (κ1) is 20.4. The number of anilines is 2. The molecule has 0 aromatic heterocycles. The molecule has 0 radical (unpaired) electrons. The van der Waals surface area contributed by atoms with Crippen molar-refractivity contribution in [1.29, 1.82) is 0 Å². The van der Waals surface area contributed by atoms with E-state index >= 15 is 0 Å². The van der Waals surface area contributed by atoms with Gasteiger partial charge in [-0.25, -0.2) is 8.42 Å². The van der Waals surface area contributed by atoms with Gasteiger partial charge in [0.05, 0.1) is 11.4 Å². The Morgan fingerprint density at radius 3 is 2.36 bits per heavy atom. The van der Waals surface area contributed by atoms with E-state index < -0.39 is 10.0 Å². The summed E-state index contributed by atoms with van der Waals surface area (Å²) in [5.41, 5.74) is 5.30. The van der Waals surface area contributed by atoms with Crippen LogP contribution in [0.5, 0.6) is 0 Å². The number of nitrogens with one attached hydrogen (secondary N) is 1. The first-order valence-electron chi connectivity index (χ1n) is 9.96. The molecule has 1 heterocycles. The minimum absolute atomic E-state index is 0.0717. The Bertz CT molecular complexity index is 961. The summed E-state index contributed by atoms with van der Waals surface area (Å²) < 4.78 is 26.2. The van der Waals surface area contributed by atoms with E-state index in [4.69, 9.17) is 0 Å². The van der Waals surface area contributed by atoms with Gasteiger partial charge in [0.15, 0.2) is 0 Å². The van der Waals surface area contributed by atoms with Crippen LogP contribution in [-0.2, 0) is 29.3 Å². The molecule has 1 amide bonds. The number of carbonyl (C=O) groups is 1. The molecule has 1 aliphatic rings. The molecule has 0 saturated carbocycles. The highest BCUT2D eigenvalue weighted by molar-refractivity contribution is 7.92. The topological polar surface area (TPSA) is 66.5 Å². The maximum Gasteiger partial charge on any atom is 0.255 e. The van der Waals surface area contributed by atoms with E-state index in [1.54, 1.807) is 19.1 Å². The standard InChI is InChI=1S/C22H28N2O3S/c1-4-16-9-7-10-17(5-2)21(16)23-22(25)19-12-13-20-18(15-19)11-8-14-24(20)28(26,27)6-3/h7,9-10,12-13,15H,4-6,8,11,14H2,1-3H3,(H,23,25). The Labute approximate surface area is 167 Å². The number of benzene rings is 2. The number of amides is 1. The van der Waals surface area contributed by atoms with Gasteiger partial charge in [0.2, 0.25) is 10.0 Å². The lowest BCUT2D eigenvalue weighted by Crippen LogP contribution is -2.36. The Balaban J connectivity index is 1.91. The third-order valence-electron chi connectivity index (χ3n) is 5.36. The summed E-state index contributed by atoms with van der Waals surface area (Å²) in [6, 6.07) is 11.4. The summed E-state index contributed by atoms with van der Waals surface area (Å²) in [5.74, 6) is -0.0868. The molecule has 1 aliphatic heterocycles. The molecule has 0 atom stereocenters. The van der Waals surface area contributed by atoms with Crippen LogP contribution in [0.1, 0.15) is 54.2 Å². The van der Waals surface area contributed by atoms with Crippen LogP contribution in [0, 0.1) is 0 Å². The smallest absolute Gasteiger partial charge is 0.255 e. The minimum Gasteiger partial charge on any atom is -0.321 e. The maximum absolute atomic E-state index is 12.9. The van der Waals surface area contributed by atoms with Gasteiger partial charge < -0.3 is 5.32 Å². The summed E-state index contributed by atoms with van der Waals surface area (Å²) >= 11 is 0. The predicted octanol–water partition coefficient (Wildman–Crippen LogP) is 4.17. The van der Waals surface area contributed by atoms with Gasteiger partial charge in [0.1, 0.15) is 0 Å². The lowest BCUT2D eigenvalue weighted by atomic mass is 9.99. The minimum atomic E-state index is -3.30. The van der Waals surface area contributed by atoms with Crippen molar-refractivity contribution in [3.63, 3.8) is 0 Å². The molecular weight excluding hydrogens is 372 g/mol. The number of carbonyl (C=O) groups excluding carboxylic acids is 1. The Hall–Kier alpha value is -2.34. The Morgan fingerprint density at radius 1 is 1.07 bits per heavy atom. The van der Waals surface area contributed by atoms with Crippen molar-refractivity contribution in [2.75, 3.05) is 21.9 Å². The Morgan fingerprint density at radius 2 is 1.75 bits per heavy atom. The summed E-state index contributed by atoms with van der Waals surface area (Å²) in [4.78, 5) is 12.9. The number of hydrogen-bond donors (Lipinski definition) is 1. The molecule has 1 N–H and O–H groups in total. The highest BCUT2D eigenvalue weighted by atomic mass is 32.2. The van der Waals surface area contributed by atoms with E-state index in [9.17, 15) is 13.2 Å². The van der Waals surface area contributed by atoms with Gasteiger partial charge in [0, 0.05) is 17.8 Å². The number of rotatable bonds is 6. The molecule has 5 nitrogen and oxygen atoms in total. The fourth-order valence-corrected chi connectivity index (χ4v) is 4.93. The third-order valence-corrected chi connectivity index (χ3v) is 7.14. The molecule has 0 bridgehead atoms. The number of fused-ring (bicyclic) bond motifs is 1. The van der Waals surface area contributed by atoms with Crippen molar-refractivity contribution >= 4 is 27.3 Å². The van der Waals surface area contributed by atoms with Crippen LogP contribution in [-0.4, -0.2) is 26.6 Å². The Kier molecular flexibility index (Phi) is 6.08. The number of sulfonamides is 1. The number of hydrogen-bond acceptors (Lipinski definition) is 3. The van der Waals surface area contributed by atoms with Gasteiger partial charge in [-0.15, -0.1) is 0 Å². The van der Waals surface area contributed by atoms with Crippen LogP contribution in [0.2, 0.25) is 0 Å². The van der Waals surface area contributed by atoms with Crippen LogP contribution >= 0.6 is 0 Å². The van der Waals surface area contributed by atoms with E-state index in [-0.39, 0.29) is 11.7 Å². The molecule has 28 heavy (non-hydrogen) atoms. The van der Waals surface area contributed by atoms with Gasteiger partial charge in [0.25, 0.3) is 5.91 Å². The molecule has 0 aliphatic carbocycles. The normalized spacial score (nSPS) is 13.9. The predicted molar refractivity (Wildman–Crippen MR) is 115 cm³/mol. The molecule has 150 valence electrons. The van der Waals surface area contributed by atoms with Crippen LogP contribution in [0.15, 0.2) is 36.4 Å². The average Bonchev–Trinajstić information content (AvgIpc) is 2.72. The average molecular weight is 401 g/mol. The zero-order chi connectivity index (χ0) is 20.3. The van der Waals surface area contributed by atoms with Gasteiger partial charge in [-0.3, -0.25) is 9.10 Å². The molecule has 0 unspecified atom stereocenters. The maximum atomic E-state index is 12.9. The SMILES string of the molecule is CCc1cccc(CC)c1NC(=O)c1ccc2c(c1)CCCN2S(=O)(=O)CC. The second-order valence-electron chi connectivity index (χ2n) is 7.03. The second-order valence-corrected chi connectivity index (χ2v) is 9.21. The summed E-state index contributed by atoms with van der Waals surface area (Å²) in [6.07, 6.45) is 3.23. The largest absolute Gasteiger partial charge is 0.321 e. The molecule has 0 spiro atoms. The van der Waals surface area contributed by atoms with E-state index in [0.717, 1.165) is 48.1 Å². The van der Waals surface area contributed by atoms with Crippen molar-refractivity contribution < 1.29 is 13.2 Å². The first-order valence-corrected chi connectivity index (χ1v) is 11.6. The fraction of sp³-hybridized carbons (Fsp3) is 0.409. The van der Waals surface area contributed by atoms with Crippen molar-refractivity contribution in [2.24, 2.45) is 0 Å². The highest BCUT2D eigenvalue weighted by Gasteiger charge is 2.26. The number of para-hydroxylation sites is 1. The molecule has 2 aromatic carbocycles. The van der Waals surface area contributed by atoms with Crippen molar-refractivity contribution in [2.45, 2.75) is 46.5 Å². The van der Waals surface area contributed by atoms with Gasteiger partial charge in [-0.1, -0.05) is 32.0 Å². The lowest BCUT2D eigenvalue weighted by molar-refractivity contribution is 0.102. The van der Waals surface area contributed by atoms with E-state index in [1.807, 2.05) is 24.3 Å². The zero-order valence-electron chi connectivity index (χ0n) is 16.8. The van der Waals surface area contributed by atoms with Crippen molar-refractivity contribution in [3.05, 3.63) is 58.7 Å². The molecule has 0 fully saturated rings. The van der Waals surface area contributed by atoms with Crippen LogP contribution in [0.25, 0.3) is 0 Å². The van der Waals surface area contributed by atoms with Gasteiger partial charge >= 0.3 is 0 Å². The summed E-state index contributed by atoms with van der Waals surface area (Å²) in [7, 11) is -3.30. The van der Waals surface area contributed by atoms with Crippen LogP contribution in [0.4, 0.5) is 11.4 Å². The van der Waals surface area contributed by atoms with E-state index in [0.29, 0.717) is 17.8 Å². The van der Waals surface area contributed by atoms with Crippen molar-refractivity contribution in [3.8, 4) is 0 Å². The van der Waals surface area contributed by atoms with Crippen LogP contribution in [0.3, 0.4) is 0 Å². The molecule has 2 aromatic rings. The van der Waals surface area contributed by atoms with E-state index in [1.165, 1.54) is 4.31 Å². The molecule has 0 saturated heterocycles. The monoisotopic (exact) mass is 400 g/mol. The highest BCUT2D eigenvalue weighted by Crippen LogP contribution is 2.31. The molecular formula is C22H28N2O3S. The summed E-state index contributed by atoms with van der Waals surface area (Å²) in [6.45, 7) is 6.30. The molecule has 6 heteroatoms. The number of aryl methyl sites for hydroxylation is 3. The molecule has 3 rings (SSSR count). The second kappa shape index (κ2) is 8.35. The zero-order valence-corrected chi connectivity index (χ0v) is 17.6. The fourth-order valence-electron chi connectivity index (χ4n) is 3.74. The van der Waals surface area contributed by atoms with E-state index in [2.05, 4.69) is 19.2 Å². The quantitative estimate of drug-likeness (QED) is 0.791. The van der Waals surface area contributed by atoms with Crippen LogP contribution < -0.4 is 9.62 Å². The first-order chi connectivity index (χ1) is 13.4.